The fourth-order valence-corrected chi connectivity index (χ4v) is 2.12. The molecule has 1 aliphatic rings. The van der Waals surface area contributed by atoms with E-state index in [0.29, 0.717) is 17.0 Å². The van der Waals surface area contributed by atoms with Crippen LogP contribution >= 0.6 is 0 Å². The zero-order valence-corrected chi connectivity index (χ0v) is 12.8. The largest absolute Gasteiger partial charge is 0.449 e. The lowest BCUT2D eigenvalue weighted by Crippen LogP contribution is -2.50. The van der Waals surface area contributed by atoms with Crippen molar-refractivity contribution >= 4 is 17.7 Å². The van der Waals surface area contributed by atoms with Crippen molar-refractivity contribution in [2.45, 2.75) is 26.3 Å². The number of nitrogens with one attached hydrogen (secondary N) is 1. The van der Waals surface area contributed by atoms with Crippen molar-refractivity contribution in [3.05, 3.63) is 35.4 Å². The maximum Gasteiger partial charge on any atom is 0.339 e. The third kappa shape index (κ3) is 2.73. The highest BCUT2D eigenvalue weighted by Crippen LogP contribution is 2.25. The molecule has 0 aliphatic carbocycles. The van der Waals surface area contributed by atoms with E-state index in [-0.39, 0.29) is 18.4 Å². The second kappa shape index (κ2) is 6.02. The maximum absolute atomic E-state index is 12.2. The lowest BCUT2D eigenvalue weighted by atomic mass is 9.88. The van der Waals surface area contributed by atoms with E-state index in [1.807, 2.05) is 13.8 Å². The standard InChI is InChI=1S/C17H18N2O3/c1-5-10-22-15(20)13-9-7-6-8-12(13)14-18-16(21)17(4,19-14)11(2)3/h1,6-9,11H,10H2,2-4H3,(H,18,19,21). The molecule has 114 valence electrons. The van der Waals surface area contributed by atoms with Gasteiger partial charge in [0.05, 0.1) is 5.56 Å². The van der Waals surface area contributed by atoms with Gasteiger partial charge in [0.2, 0.25) is 0 Å². The minimum absolute atomic E-state index is 0.0572. The van der Waals surface area contributed by atoms with Crippen LogP contribution in [-0.4, -0.2) is 29.9 Å². The quantitative estimate of drug-likeness (QED) is 0.679. The van der Waals surface area contributed by atoms with E-state index < -0.39 is 11.5 Å². The molecule has 0 spiro atoms. The van der Waals surface area contributed by atoms with E-state index in [2.05, 4.69) is 16.2 Å². The van der Waals surface area contributed by atoms with E-state index in [1.165, 1.54) is 0 Å². The van der Waals surface area contributed by atoms with Gasteiger partial charge in [-0.2, -0.15) is 4.99 Å². The Hall–Kier alpha value is -2.61. The van der Waals surface area contributed by atoms with Gasteiger partial charge < -0.3 is 10.1 Å². The molecule has 1 N–H and O–H groups in total. The number of carbonyl (C=O) groups is 2. The van der Waals surface area contributed by atoms with E-state index in [0.717, 1.165) is 0 Å². The van der Waals surface area contributed by atoms with Crippen LogP contribution in [-0.2, 0) is 9.53 Å². The summed E-state index contributed by atoms with van der Waals surface area (Å²) in [6.45, 7) is 5.58. The van der Waals surface area contributed by atoms with Crippen LogP contribution in [0.3, 0.4) is 0 Å². The Morgan fingerprint density at radius 1 is 1.45 bits per heavy atom. The van der Waals surface area contributed by atoms with Gasteiger partial charge in [0.25, 0.3) is 5.91 Å². The van der Waals surface area contributed by atoms with Gasteiger partial charge in [-0.15, -0.1) is 6.42 Å². The normalized spacial score (nSPS) is 20.3. The lowest BCUT2D eigenvalue weighted by molar-refractivity contribution is -0.123. The number of carbonyl (C=O) groups excluding carboxylic acids is 2. The van der Waals surface area contributed by atoms with Crippen LogP contribution in [0.4, 0.5) is 0 Å². The van der Waals surface area contributed by atoms with Crippen LogP contribution in [0.2, 0.25) is 0 Å². The Labute approximate surface area is 129 Å². The summed E-state index contributed by atoms with van der Waals surface area (Å²) >= 11 is 0. The topological polar surface area (TPSA) is 67.8 Å². The minimum Gasteiger partial charge on any atom is -0.449 e. The molecule has 0 radical (unpaired) electrons. The molecule has 5 heteroatoms. The van der Waals surface area contributed by atoms with E-state index in [1.54, 1.807) is 31.2 Å². The zero-order chi connectivity index (χ0) is 16.3. The Morgan fingerprint density at radius 2 is 2.14 bits per heavy atom. The van der Waals surface area contributed by atoms with Crippen LogP contribution in [0.15, 0.2) is 29.3 Å². The van der Waals surface area contributed by atoms with Crippen molar-refractivity contribution in [2.75, 3.05) is 6.61 Å². The molecule has 1 atom stereocenters. The minimum atomic E-state index is -0.773. The van der Waals surface area contributed by atoms with Gasteiger partial charge in [-0.25, -0.2) is 4.79 Å². The first-order valence-electron chi connectivity index (χ1n) is 7.01. The van der Waals surface area contributed by atoms with Gasteiger partial charge in [0.1, 0.15) is 11.4 Å². The highest BCUT2D eigenvalue weighted by Gasteiger charge is 2.42. The van der Waals surface area contributed by atoms with Crippen LogP contribution in [0, 0.1) is 18.3 Å². The molecule has 1 aromatic rings. The number of amidine groups is 1. The molecule has 1 aromatic carbocycles. The highest BCUT2D eigenvalue weighted by molar-refractivity contribution is 6.17. The Morgan fingerprint density at radius 3 is 2.73 bits per heavy atom. The molecular weight excluding hydrogens is 280 g/mol. The first kappa shape index (κ1) is 15.8. The van der Waals surface area contributed by atoms with Crippen LogP contribution in [0.1, 0.15) is 36.7 Å². The molecule has 0 aromatic heterocycles. The number of terminal acetylenes is 1. The first-order valence-corrected chi connectivity index (χ1v) is 7.01. The third-order valence-corrected chi connectivity index (χ3v) is 3.88. The second-order valence-corrected chi connectivity index (χ2v) is 5.57. The molecule has 22 heavy (non-hydrogen) atoms. The summed E-state index contributed by atoms with van der Waals surface area (Å²) in [6.07, 6.45) is 5.09. The van der Waals surface area contributed by atoms with Crippen LogP contribution < -0.4 is 5.32 Å². The van der Waals surface area contributed by atoms with Crippen molar-refractivity contribution in [3.8, 4) is 12.3 Å². The monoisotopic (exact) mass is 298 g/mol. The number of rotatable bonds is 4. The first-order chi connectivity index (χ1) is 10.4. The van der Waals surface area contributed by atoms with Crippen molar-refractivity contribution in [1.29, 1.82) is 0 Å². The van der Waals surface area contributed by atoms with Gasteiger partial charge in [-0.1, -0.05) is 38.0 Å². The average Bonchev–Trinajstić information content (AvgIpc) is 2.81. The molecule has 1 amide bonds. The van der Waals surface area contributed by atoms with Gasteiger partial charge in [0.15, 0.2) is 6.61 Å². The number of benzene rings is 1. The van der Waals surface area contributed by atoms with Gasteiger partial charge >= 0.3 is 5.97 Å². The SMILES string of the molecule is C#CCOC(=O)c1ccccc1C1=NC(=O)C(C)(C(C)C)N1. The predicted molar refractivity (Wildman–Crippen MR) is 83.5 cm³/mol. The highest BCUT2D eigenvalue weighted by atomic mass is 16.5. The second-order valence-electron chi connectivity index (χ2n) is 5.57. The van der Waals surface area contributed by atoms with Crippen molar-refractivity contribution in [3.63, 3.8) is 0 Å². The average molecular weight is 298 g/mol. The third-order valence-electron chi connectivity index (χ3n) is 3.88. The Kier molecular flexibility index (Phi) is 4.32. The molecule has 2 rings (SSSR count). The maximum atomic E-state index is 12.2. The predicted octanol–water partition coefficient (Wildman–Crippen LogP) is 1.77. The van der Waals surface area contributed by atoms with Crippen LogP contribution in [0.5, 0.6) is 0 Å². The van der Waals surface area contributed by atoms with E-state index >= 15 is 0 Å². The number of hydrogen-bond donors (Lipinski definition) is 1. The van der Waals surface area contributed by atoms with Gasteiger partial charge in [-0.05, 0) is 18.9 Å². The molecular formula is C17H18N2O3. The number of amides is 1. The molecule has 0 bridgehead atoms. The summed E-state index contributed by atoms with van der Waals surface area (Å²) < 4.78 is 4.96. The van der Waals surface area contributed by atoms with Gasteiger partial charge in [0, 0.05) is 5.56 Å². The summed E-state index contributed by atoms with van der Waals surface area (Å²) in [7, 11) is 0. The summed E-state index contributed by atoms with van der Waals surface area (Å²) in [5, 5.41) is 3.14. The fourth-order valence-electron chi connectivity index (χ4n) is 2.12. The molecule has 5 nitrogen and oxygen atoms in total. The number of ether oxygens (including phenoxy) is 1. The van der Waals surface area contributed by atoms with Crippen molar-refractivity contribution < 1.29 is 14.3 Å². The van der Waals surface area contributed by atoms with Gasteiger partial charge in [-0.3, -0.25) is 4.79 Å². The summed E-state index contributed by atoms with van der Waals surface area (Å²) in [6, 6.07) is 6.83. The molecule has 1 heterocycles. The number of nitrogens with zero attached hydrogens (tertiary/aromatic N) is 1. The van der Waals surface area contributed by atoms with Crippen molar-refractivity contribution in [2.24, 2.45) is 10.9 Å². The summed E-state index contributed by atoms with van der Waals surface area (Å²) in [5.74, 6) is 1.91. The Balaban J connectivity index is 2.36. The summed E-state index contributed by atoms with van der Waals surface area (Å²) in [5.41, 5.74) is 0.0811. The molecule has 1 aliphatic heterocycles. The molecule has 0 saturated carbocycles. The van der Waals surface area contributed by atoms with Crippen LogP contribution in [0.25, 0.3) is 0 Å². The number of aliphatic imine (C=N–C) groups is 1. The Bertz CT molecular complexity index is 685. The molecule has 1 unspecified atom stereocenters. The zero-order valence-electron chi connectivity index (χ0n) is 12.8. The number of esters is 1. The van der Waals surface area contributed by atoms with E-state index in [4.69, 9.17) is 11.2 Å². The smallest absolute Gasteiger partial charge is 0.339 e. The molecule has 0 fully saturated rings. The lowest BCUT2D eigenvalue weighted by Gasteiger charge is -2.27. The van der Waals surface area contributed by atoms with E-state index in [9.17, 15) is 9.59 Å². The summed E-state index contributed by atoms with van der Waals surface area (Å²) in [4.78, 5) is 28.3. The molecule has 0 saturated heterocycles. The number of hydrogen-bond acceptors (Lipinski definition) is 4. The van der Waals surface area contributed by atoms with Crippen molar-refractivity contribution in [1.82, 2.24) is 5.32 Å². The fraction of sp³-hybridized carbons (Fsp3) is 0.353.